The van der Waals surface area contributed by atoms with Crippen molar-refractivity contribution in [1.82, 2.24) is 9.88 Å². The van der Waals surface area contributed by atoms with Gasteiger partial charge < -0.3 is 4.52 Å². The van der Waals surface area contributed by atoms with Gasteiger partial charge in [-0.1, -0.05) is 17.3 Å². The second kappa shape index (κ2) is 5.56. The molecule has 0 atom stereocenters. The Balaban J connectivity index is 2.11. The number of aryl methyl sites for hydroxylation is 1. The van der Waals surface area contributed by atoms with Crippen molar-refractivity contribution in [3.8, 4) is 0 Å². The van der Waals surface area contributed by atoms with Gasteiger partial charge in [-0.3, -0.25) is 4.79 Å². The van der Waals surface area contributed by atoms with E-state index >= 15 is 0 Å². The summed E-state index contributed by atoms with van der Waals surface area (Å²) in [5, 5.41) is 3.67. The molecule has 106 valence electrons. The van der Waals surface area contributed by atoms with Crippen molar-refractivity contribution in [2.24, 2.45) is 0 Å². The lowest BCUT2D eigenvalue weighted by Gasteiger charge is -2.05. The number of aromatic nitrogens is 1. The van der Waals surface area contributed by atoms with Crippen LogP contribution in [-0.4, -0.2) is 19.4 Å². The van der Waals surface area contributed by atoms with Crippen LogP contribution in [0, 0.1) is 6.92 Å². The SMILES string of the molecule is CC(=O)c1ccc(S(=O)(=O)NCc2cc(C)no2)cc1. The fourth-order valence-corrected chi connectivity index (χ4v) is 2.61. The summed E-state index contributed by atoms with van der Waals surface area (Å²) in [6, 6.07) is 7.40. The van der Waals surface area contributed by atoms with Gasteiger partial charge >= 0.3 is 0 Å². The Labute approximate surface area is 116 Å². The molecule has 20 heavy (non-hydrogen) atoms. The second-order valence-electron chi connectivity index (χ2n) is 4.34. The van der Waals surface area contributed by atoms with E-state index in [4.69, 9.17) is 4.52 Å². The first kappa shape index (κ1) is 14.4. The van der Waals surface area contributed by atoms with Gasteiger partial charge in [-0.05, 0) is 26.0 Å². The van der Waals surface area contributed by atoms with E-state index in [2.05, 4.69) is 9.88 Å². The highest BCUT2D eigenvalue weighted by atomic mass is 32.2. The van der Waals surface area contributed by atoms with E-state index in [0.717, 1.165) is 0 Å². The molecule has 6 nitrogen and oxygen atoms in total. The molecule has 1 N–H and O–H groups in total. The molecule has 0 saturated carbocycles. The van der Waals surface area contributed by atoms with Crippen LogP contribution in [0.1, 0.15) is 28.7 Å². The molecule has 2 rings (SSSR count). The number of rotatable bonds is 5. The molecule has 0 aliphatic heterocycles. The third kappa shape index (κ3) is 3.31. The van der Waals surface area contributed by atoms with Crippen LogP contribution in [0.5, 0.6) is 0 Å². The Morgan fingerprint density at radius 1 is 1.30 bits per heavy atom. The fraction of sp³-hybridized carbons (Fsp3) is 0.231. The summed E-state index contributed by atoms with van der Waals surface area (Å²) in [6.45, 7) is 3.20. The van der Waals surface area contributed by atoms with E-state index < -0.39 is 10.0 Å². The summed E-state index contributed by atoms with van der Waals surface area (Å²) in [5.41, 5.74) is 1.15. The largest absolute Gasteiger partial charge is 0.360 e. The van der Waals surface area contributed by atoms with Crippen molar-refractivity contribution in [2.45, 2.75) is 25.3 Å². The van der Waals surface area contributed by atoms with E-state index in [9.17, 15) is 13.2 Å². The molecule has 1 aromatic heterocycles. The van der Waals surface area contributed by atoms with Crippen LogP contribution in [0.4, 0.5) is 0 Å². The first-order valence-electron chi connectivity index (χ1n) is 5.91. The van der Waals surface area contributed by atoms with Crippen LogP contribution in [-0.2, 0) is 16.6 Å². The molecule has 0 amide bonds. The quantitative estimate of drug-likeness (QED) is 0.847. The topological polar surface area (TPSA) is 89.3 Å². The Bertz CT molecular complexity index is 717. The molecule has 7 heteroatoms. The minimum absolute atomic E-state index is 0.0254. The highest BCUT2D eigenvalue weighted by Crippen LogP contribution is 2.12. The first-order chi connectivity index (χ1) is 9.38. The Kier molecular flexibility index (Phi) is 4.01. The normalized spacial score (nSPS) is 11.5. The molecule has 0 saturated heterocycles. The molecule has 2 aromatic rings. The smallest absolute Gasteiger partial charge is 0.240 e. The average molecular weight is 294 g/mol. The van der Waals surface area contributed by atoms with Gasteiger partial charge in [0, 0.05) is 11.6 Å². The molecule has 1 aromatic carbocycles. The standard InChI is InChI=1S/C13H14N2O4S/c1-9-7-12(19-15-9)8-14-20(17,18)13-5-3-11(4-6-13)10(2)16/h3-7,14H,8H2,1-2H3. The summed E-state index contributed by atoms with van der Waals surface area (Å²) >= 11 is 0. The number of ketones is 1. The molecule has 0 bridgehead atoms. The summed E-state index contributed by atoms with van der Waals surface area (Å²) in [7, 11) is -3.64. The molecular weight excluding hydrogens is 280 g/mol. The zero-order valence-electron chi connectivity index (χ0n) is 11.1. The van der Waals surface area contributed by atoms with Gasteiger partial charge in [-0.15, -0.1) is 0 Å². The third-order valence-electron chi connectivity index (χ3n) is 2.68. The summed E-state index contributed by atoms with van der Waals surface area (Å²) in [4.78, 5) is 11.2. The number of benzene rings is 1. The maximum atomic E-state index is 12.0. The van der Waals surface area contributed by atoms with Gasteiger partial charge in [-0.25, -0.2) is 13.1 Å². The number of sulfonamides is 1. The second-order valence-corrected chi connectivity index (χ2v) is 6.11. The monoisotopic (exact) mass is 294 g/mol. The van der Waals surface area contributed by atoms with Crippen LogP contribution in [0.15, 0.2) is 39.8 Å². The summed E-state index contributed by atoms with van der Waals surface area (Å²) < 4.78 is 31.4. The van der Waals surface area contributed by atoms with Gasteiger partial charge in [0.05, 0.1) is 17.1 Å². The lowest BCUT2D eigenvalue weighted by atomic mass is 10.2. The van der Waals surface area contributed by atoms with E-state index in [1.807, 2.05) is 0 Å². The zero-order valence-corrected chi connectivity index (χ0v) is 11.9. The predicted octanol–water partition coefficient (Wildman–Crippen LogP) is 1.66. The van der Waals surface area contributed by atoms with Crippen molar-refractivity contribution in [1.29, 1.82) is 0 Å². The van der Waals surface area contributed by atoms with Crippen molar-refractivity contribution >= 4 is 15.8 Å². The number of hydrogen-bond donors (Lipinski definition) is 1. The number of carbonyl (C=O) groups excluding carboxylic acids is 1. The lowest BCUT2D eigenvalue weighted by molar-refractivity contribution is 0.101. The summed E-state index contributed by atoms with van der Waals surface area (Å²) in [5.74, 6) is 0.325. The molecule has 0 aliphatic rings. The van der Waals surface area contributed by atoms with Gasteiger partial charge in [0.15, 0.2) is 11.5 Å². The van der Waals surface area contributed by atoms with Gasteiger partial charge in [0.2, 0.25) is 10.0 Å². The van der Waals surface area contributed by atoms with Crippen LogP contribution >= 0.6 is 0 Å². The zero-order chi connectivity index (χ0) is 14.8. The molecule has 0 fully saturated rings. The maximum Gasteiger partial charge on any atom is 0.240 e. The maximum absolute atomic E-state index is 12.0. The Morgan fingerprint density at radius 2 is 1.95 bits per heavy atom. The van der Waals surface area contributed by atoms with Crippen molar-refractivity contribution < 1.29 is 17.7 Å². The highest BCUT2D eigenvalue weighted by Gasteiger charge is 2.15. The predicted molar refractivity (Wildman–Crippen MR) is 71.7 cm³/mol. The molecule has 0 spiro atoms. The number of carbonyl (C=O) groups is 1. The Morgan fingerprint density at radius 3 is 2.45 bits per heavy atom. The summed E-state index contributed by atoms with van der Waals surface area (Å²) in [6.07, 6.45) is 0. The van der Waals surface area contributed by atoms with E-state index in [-0.39, 0.29) is 17.2 Å². The fourth-order valence-electron chi connectivity index (χ4n) is 1.62. The lowest BCUT2D eigenvalue weighted by Crippen LogP contribution is -2.23. The van der Waals surface area contributed by atoms with E-state index in [0.29, 0.717) is 17.0 Å². The van der Waals surface area contributed by atoms with Crippen molar-refractivity contribution in [2.75, 3.05) is 0 Å². The van der Waals surface area contributed by atoms with Gasteiger partial charge in [-0.2, -0.15) is 0 Å². The third-order valence-corrected chi connectivity index (χ3v) is 4.10. The van der Waals surface area contributed by atoms with Crippen molar-refractivity contribution in [3.63, 3.8) is 0 Å². The first-order valence-corrected chi connectivity index (χ1v) is 7.39. The minimum atomic E-state index is -3.64. The van der Waals surface area contributed by atoms with Crippen LogP contribution in [0.25, 0.3) is 0 Å². The minimum Gasteiger partial charge on any atom is -0.360 e. The Hall–Kier alpha value is -1.99. The number of nitrogens with zero attached hydrogens (tertiary/aromatic N) is 1. The number of Topliss-reactive ketones (excluding diaryl/α,β-unsaturated/α-hetero) is 1. The van der Waals surface area contributed by atoms with Gasteiger partial charge in [0.1, 0.15) is 0 Å². The van der Waals surface area contributed by atoms with Crippen molar-refractivity contribution in [3.05, 3.63) is 47.3 Å². The molecule has 1 heterocycles. The highest BCUT2D eigenvalue weighted by molar-refractivity contribution is 7.89. The molecule has 0 aliphatic carbocycles. The van der Waals surface area contributed by atoms with E-state index in [1.54, 1.807) is 13.0 Å². The number of nitrogens with one attached hydrogen (secondary N) is 1. The van der Waals surface area contributed by atoms with Crippen LogP contribution < -0.4 is 4.72 Å². The van der Waals surface area contributed by atoms with Crippen LogP contribution in [0.2, 0.25) is 0 Å². The molecular formula is C13H14N2O4S. The van der Waals surface area contributed by atoms with Gasteiger partial charge in [0.25, 0.3) is 0 Å². The van der Waals surface area contributed by atoms with E-state index in [1.165, 1.54) is 31.2 Å². The molecule has 0 radical (unpaired) electrons. The molecule has 0 unspecified atom stereocenters. The average Bonchev–Trinajstić information content (AvgIpc) is 2.82. The number of hydrogen-bond acceptors (Lipinski definition) is 5. The van der Waals surface area contributed by atoms with Crippen LogP contribution in [0.3, 0.4) is 0 Å².